The number of rotatable bonds is 1. The monoisotopic (exact) mass is 114 g/mol. The van der Waals surface area contributed by atoms with Crippen LogP contribution in [-0.2, 0) is 0 Å². The minimum absolute atomic E-state index is 0.961. The summed E-state index contributed by atoms with van der Waals surface area (Å²) in [5.41, 5.74) is 0. The molecule has 44 valence electrons. The second-order valence-corrected chi connectivity index (χ2v) is 1.58. The zero-order chi connectivity index (χ0) is 5.98. The van der Waals surface area contributed by atoms with Gasteiger partial charge in [-0.2, -0.15) is 0 Å². The predicted octanol–water partition coefficient (Wildman–Crippen LogP) is 1.37. The highest BCUT2D eigenvalue weighted by Crippen LogP contribution is 2.02. The Morgan fingerprint density at radius 2 is 2.50 bits per heavy atom. The van der Waals surface area contributed by atoms with Crippen molar-refractivity contribution in [3.63, 3.8) is 0 Å². The first kappa shape index (κ1) is 5.28. The molecule has 0 radical (unpaired) electrons. The van der Waals surface area contributed by atoms with Crippen molar-refractivity contribution in [1.82, 2.24) is 9.55 Å². The SMILES string of the molecule is CC(F)n1ccnc1. The molecule has 1 heterocycles. The summed E-state index contributed by atoms with van der Waals surface area (Å²) in [6.45, 7) is 1.46. The van der Waals surface area contributed by atoms with Crippen LogP contribution in [0.25, 0.3) is 0 Å². The van der Waals surface area contributed by atoms with Gasteiger partial charge >= 0.3 is 0 Å². The second kappa shape index (κ2) is 1.94. The summed E-state index contributed by atoms with van der Waals surface area (Å²) in [5, 5.41) is 0. The van der Waals surface area contributed by atoms with Gasteiger partial charge < -0.3 is 4.57 Å². The zero-order valence-corrected chi connectivity index (χ0v) is 4.58. The van der Waals surface area contributed by atoms with Crippen LogP contribution in [0.5, 0.6) is 0 Å². The van der Waals surface area contributed by atoms with Crippen LogP contribution in [0.3, 0.4) is 0 Å². The first-order valence-electron chi connectivity index (χ1n) is 2.42. The van der Waals surface area contributed by atoms with E-state index in [4.69, 9.17) is 0 Å². The van der Waals surface area contributed by atoms with Gasteiger partial charge in [-0.25, -0.2) is 9.37 Å². The lowest BCUT2D eigenvalue weighted by Gasteiger charge is -1.98. The van der Waals surface area contributed by atoms with E-state index in [-0.39, 0.29) is 0 Å². The third-order valence-electron chi connectivity index (χ3n) is 0.936. The highest BCUT2D eigenvalue weighted by Gasteiger charge is 1.95. The topological polar surface area (TPSA) is 17.8 Å². The molecule has 0 aliphatic rings. The van der Waals surface area contributed by atoms with Gasteiger partial charge in [-0.1, -0.05) is 0 Å². The molecule has 0 bridgehead atoms. The molecule has 1 aromatic heterocycles. The third kappa shape index (κ3) is 0.857. The molecule has 0 saturated carbocycles. The zero-order valence-electron chi connectivity index (χ0n) is 4.58. The molecular formula is C5H7FN2. The lowest BCUT2D eigenvalue weighted by Crippen LogP contribution is -1.93. The normalized spacial score (nSPS) is 13.8. The van der Waals surface area contributed by atoms with Crippen molar-refractivity contribution < 1.29 is 4.39 Å². The molecule has 1 atom stereocenters. The van der Waals surface area contributed by atoms with Gasteiger partial charge in [0.05, 0.1) is 6.33 Å². The molecule has 0 aromatic carbocycles. The fourth-order valence-corrected chi connectivity index (χ4v) is 0.480. The molecule has 0 aliphatic heterocycles. The molecule has 3 heteroatoms. The van der Waals surface area contributed by atoms with Crippen LogP contribution < -0.4 is 0 Å². The number of hydrogen-bond donors (Lipinski definition) is 0. The number of alkyl halides is 1. The summed E-state index contributed by atoms with van der Waals surface area (Å²) in [7, 11) is 0. The third-order valence-corrected chi connectivity index (χ3v) is 0.936. The van der Waals surface area contributed by atoms with E-state index in [1.54, 1.807) is 12.4 Å². The lowest BCUT2D eigenvalue weighted by atomic mass is 10.7. The number of nitrogens with zero attached hydrogens (tertiary/aromatic N) is 2. The maximum atomic E-state index is 12.2. The van der Waals surface area contributed by atoms with Crippen molar-refractivity contribution in [2.75, 3.05) is 0 Å². The molecule has 0 fully saturated rings. The molecule has 1 unspecified atom stereocenters. The summed E-state index contributed by atoms with van der Waals surface area (Å²) < 4.78 is 13.6. The highest BCUT2D eigenvalue weighted by atomic mass is 19.1. The van der Waals surface area contributed by atoms with Gasteiger partial charge in [-0.05, 0) is 6.92 Å². The Kier molecular flexibility index (Phi) is 1.28. The smallest absolute Gasteiger partial charge is 0.174 e. The summed E-state index contributed by atoms with van der Waals surface area (Å²) >= 11 is 0. The first-order chi connectivity index (χ1) is 3.80. The summed E-state index contributed by atoms with van der Waals surface area (Å²) in [5.74, 6) is 0. The number of hydrogen-bond acceptors (Lipinski definition) is 1. The summed E-state index contributed by atoms with van der Waals surface area (Å²) in [6.07, 6.45) is 3.63. The van der Waals surface area contributed by atoms with Crippen LogP contribution in [0, 0.1) is 0 Å². The maximum absolute atomic E-state index is 12.2. The Bertz CT molecular complexity index is 145. The largest absolute Gasteiger partial charge is 0.307 e. The van der Waals surface area contributed by atoms with E-state index < -0.39 is 6.30 Å². The van der Waals surface area contributed by atoms with Gasteiger partial charge in [0.2, 0.25) is 0 Å². The number of aromatic nitrogens is 2. The van der Waals surface area contributed by atoms with Gasteiger partial charge in [0.25, 0.3) is 0 Å². The predicted molar refractivity (Wildman–Crippen MR) is 28.0 cm³/mol. The second-order valence-electron chi connectivity index (χ2n) is 1.58. The molecule has 2 nitrogen and oxygen atoms in total. The van der Waals surface area contributed by atoms with Crippen LogP contribution in [0.2, 0.25) is 0 Å². The van der Waals surface area contributed by atoms with Crippen LogP contribution in [0.15, 0.2) is 18.7 Å². The molecule has 1 aromatic rings. The maximum Gasteiger partial charge on any atom is 0.174 e. The van der Waals surface area contributed by atoms with E-state index in [0.29, 0.717) is 0 Å². The van der Waals surface area contributed by atoms with E-state index in [9.17, 15) is 4.39 Å². The molecular weight excluding hydrogens is 107 g/mol. The van der Waals surface area contributed by atoms with Gasteiger partial charge in [-0.3, -0.25) is 0 Å². The van der Waals surface area contributed by atoms with E-state index in [2.05, 4.69) is 4.98 Å². The molecule has 0 aliphatic carbocycles. The fraction of sp³-hybridized carbons (Fsp3) is 0.400. The average molecular weight is 114 g/mol. The number of halogens is 1. The van der Waals surface area contributed by atoms with E-state index in [0.717, 1.165) is 0 Å². The standard InChI is InChI=1S/C5H7FN2/c1-5(6)8-3-2-7-4-8/h2-5H,1H3. The van der Waals surface area contributed by atoms with Gasteiger partial charge in [0.1, 0.15) is 0 Å². The van der Waals surface area contributed by atoms with Crippen molar-refractivity contribution >= 4 is 0 Å². The minimum Gasteiger partial charge on any atom is -0.307 e. The van der Waals surface area contributed by atoms with Crippen molar-refractivity contribution in [2.45, 2.75) is 13.2 Å². The number of imidazole rings is 1. The molecule has 8 heavy (non-hydrogen) atoms. The Balaban J connectivity index is 2.77. The van der Waals surface area contributed by atoms with Gasteiger partial charge in [0.15, 0.2) is 6.30 Å². The van der Waals surface area contributed by atoms with E-state index in [1.165, 1.54) is 17.8 Å². The van der Waals surface area contributed by atoms with Crippen LogP contribution in [0.1, 0.15) is 13.2 Å². The molecule has 1 rings (SSSR count). The molecule has 0 spiro atoms. The Labute approximate surface area is 47.0 Å². The molecule has 0 saturated heterocycles. The van der Waals surface area contributed by atoms with Crippen molar-refractivity contribution in [3.05, 3.63) is 18.7 Å². The highest BCUT2D eigenvalue weighted by molar-refractivity contribution is 4.74. The lowest BCUT2D eigenvalue weighted by molar-refractivity contribution is 0.268. The molecule has 0 amide bonds. The Hall–Kier alpha value is -0.860. The van der Waals surface area contributed by atoms with Crippen LogP contribution >= 0.6 is 0 Å². The fourth-order valence-electron chi connectivity index (χ4n) is 0.480. The van der Waals surface area contributed by atoms with Crippen LogP contribution in [-0.4, -0.2) is 9.55 Å². The van der Waals surface area contributed by atoms with E-state index in [1.807, 2.05) is 0 Å². The summed E-state index contributed by atoms with van der Waals surface area (Å²) in [4.78, 5) is 3.67. The quantitative estimate of drug-likeness (QED) is 0.539. The van der Waals surface area contributed by atoms with Gasteiger partial charge in [-0.15, -0.1) is 0 Å². The van der Waals surface area contributed by atoms with Gasteiger partial charge in [0, 0.05) is 12.4 Å². The average Bonchev–Trinajstić information content (AvgIpc) is 2.12. The first-order valence-corrected chi connectivity index (χ1v) is 2.42. The Morgan fingerprint density at radius 3 is 2.75 bits per heavy atom. The molecule has 0 N–H and O–H groups in total. The van der Waals surface area contributed by atoms with Crippen molar-refractivity contribution in [3.8, 4) is 0 Å². The van der Waals surface area contributed by atoms with E-state index >= 15 is 0 Å². The minimum atomic E-state index is -0.961. The van der Waals surface area contributed by atoms with Crippen LogP contribution in [0.4, 0.5) is 4.39 Å². The van der Waals surface area contributed by atoms with Crippen molar-refractivity contribution in [2.24, 2.45) is 0 Å². The van der Waals surface area contributed by atoms with Crippen molar-refractivity contribution in [1.29, 1.82) is 0 Å². The Morgan fingerprint density at radius 1 is 1.75 bits per heavy atom. The summed E-state index contributed by atoms with van der Waals surface area (Å²) in [6, 6.07) is 0.